The van der Waals surface area contributed by atoms with E-state index in [4.69, 9.17) is 4.74 Å². The molecule has 7 heteroatoms. The van der Waals surface area contributed by atoms with Crippen LogP contribution in [-0.4, -0.2) is 61.9 Å². The van der Waals surface area contributed by atoms with Crippen molar-refractivity contribution in [1.82, 2.24) is 9.21 Å². The van der Waals surface area contributed by atoms with Crippen LogP contribution in [-0.2, 0) is 14.8 Å². The Labute approximate surface area is 161 Å². The van der Waals surface area contributed by atoms with E-state index in [1.165, 1.54) is 17.1 Å². The van der Waals surface area contributed by atoms with Gasteiger partial charge < -0.3 is 9.64 Å². The minimum absolute atomic E-state index is 0.000859. The van der Waals surface area contributed by atoms with E-state index in [-0.39, 0.29) is 10.8 Å². The van der Waals surface area contributed by atoms with Crippen LogP contribution in [0.2, 0.25) is 0 Å². The summed E-state index contributed by atoms with van der Waals surface area (Å²) in [5, 5.41) is 0. The van der Waals surface area contributed by atoms with Crippen LogP contribution < -0.4 is 0 Å². The molecule has 0 N–H and O–H groups in total. The van der Waals surface area contributed by atoms with Crippen LogP contribution in [0.4, 0.5) is 0 Å². The summed E-state index contributed by atoms with van der Waals surface area (Å²) < 4.78 is 32.7. The molecule has 1 heterocycles. The minimum atomic E-state index is -3.60. The van der Waals surface area contributed by atoms with E-state index in [2.05, 4.69) is 4.90 Å². The molecule has 1 saturated heterocycles. The standard InChI is InChI=1S/C20H28N2O4S/c1-15-6-9-18(27(24,25)21-10-12-26-13-11-21)14-19(15)20(23)22(17-7-8-17)16-4-2-3-5-16/h6,9,14,16-17H,2-5,7-8,10-13H2,1H3. The highest BCUT2D eigenvalue weighted by molar-refractivity contribution is 7.89. The van der Waals surface area contributed by atoms with E-state index >= 15 is 0 Å². The number of sulfonamides is 1. The van der Waals surface area contributed by atoms with Crippen LogP contribution in [0.3, 0.4) is 0 Å². The van der Waals surface area contributed by atoms with Gasteiger partial charge in [-0.1, -0.05) is 18.9 Å². The number of carbonyl (C=O) groups is 1. The summed E-state index contributed by atoms with van der Waals surface area (Å²) >= 11 is 0. The molecule has 148 valence electrons. The van der Waals surface area contributed by atoms with Crippen molar-refractivity contribution in [1.29, 1.82) is 0 Å². The topological polar surface area (TPSA) is 66.9 Å². The summed E-state index contributed by atoms with van der Waals surface area (Å²) in [5.41, 5.74) is 1.37. The molecule has 27 heavy (non-hydrogen) atoms. The molecule has 0 bridgehead atoms. The first-order valence-electron chi connectivity index (χ1n) is 9.99. The Kier molecular flexibility index (Phi) is 5.27. The van der Waals surface area contributed by atoms with Gasteiger partial charge in [0.15, 0.2) is 0 Å². The summed E-state index contributed by atoms with van der Waals surface area (Å²) in [5.74, 6) is 0.000859. The van der Waals surface area contributed by atoms with Crippen LogP contribution >= 0.6 is 0 Å². The largest absolute Gasteiger partial charge is 0.379 e. The Morgan fingerprint density at radius 3 is 2.33 bits per heavy atom. The molecule has 1 amide bonds. The first-order valence-corrected chi connectivity index (χ1v) is 11.4. The van der Waals surface area contributed by atoms with Crippen LogP contribution in [0, 0.1) is 6.92 Å². The molecule has 1 aliphatic heterocycles. The lowest BCUT2D eigenvalue weighted by atomic mass is 10.1. The average molecular weight is 393 g/mol. The average Bonchev–Trinajstić information content (AvgIpc) is 3.36. The van der Waals surface area contributed by atoms with E-state index in [0.29, 0.717) is 44.0 Å². The maximum Gasteiger partial charge on any atom is 0.254 e. The molecule has 1 aromatic rings. The van der Waals surface area contributed by atoms with Crippen molar-refractivity contribution in [3.05, 3.63) is 29.3 Å². The Hall–Kier alpha value is -1.44. The molecular formula is C20H28N2O4S. The van der Waals surface area contributed by atoms with Gasteiger partial charge in [-0.15, -0.1) is 0 Å². The van der Waals surface area contributed by atoms with E-state index < -0.39 is 10.0 Å². The molecule has 1 aromatic carbocycles. The Balaban J connectivity index is 1.64. The number of rotatable bonds is 5. The number of ether oxygens (including phenoxy) is 1. The van der Waals surface area contributed by atoms with Crippen molar-refractivity contribution in [3.8, 4) is 0 Å². The number of amides is 1. The van der Waals surface area contributed by atoms with Gasteiger partial charge in [-0.3, -0.25) is 4.79 Å². The van der Waals surface area contributed by atoms with E-state index in [1.807, 2.05) is 6.92 Å². The third kappa shape index (κ3) is 3.77. The maximum atomic E-state index is 13.4. The normalized spacial score (nSPS) is 22.1. The van der Waals surface area contributed by atoms with Crippen LogP contribution in [0.1, 0.15) is 54.4 Å². The van der Waals surface area contributed by atoms with Crippen LogP contribution in [0.25, 0.3) is 0 Å². The summed E-state index contributed by atoms with van der Waals surface area (Å²) in [6.07, 6.45) is 6.59. The third-order valence-corrected chi connectivity index (χ3v) is 7.83. The first-order chi connectivity index (χ1) is 13.0. The molecule has 3 aliphatic rings. The van der Waals surface area contributed by atoms with Gasteiger partial charge in [0.2, 0.25) is 10.0 Å². The summed E-state index contributed by atoms with van der Waals surface area (Å²) in [7, 11) is -3.60. The number of aryl methyl sites for hydroxylation is 1. The van der Waals surface area contributed by atoms with E-state index in [0.717, 1.165) is 31.2 Å². The second kappa shape index (κ2) is 7.53. The number of hydrogen-bond donors (Lipinski definition) is 0. The summed E-state index contributed by atoms with van der Waals surface area (Å²) in [6.45, 7) is 3.42. The molecule has 4 rings (SSSR count). The quantitative estimate of drug-likeness (QED) is 0.772. The molecule has 0 unspecified atom stereocenters. The van der Waals surface area contributed by atoms with Crippen LogP contribution in [0.5, 0.6) is 0 Å². The highest BCUT2D eigenvalue weighted by atomic mass is 32.2. The molecule has 0 atom stereocenters. The van der Waals surface area contributed by atoms with Gasteiger partial charge in [0.25, 0.3) is 5.91 Å². The van der Waals surface area contributed by atoms with E-state index in [9.17, 15) is 13.2 Å². The third-order valence-electron chi connectivity index (χ3n) is 5.94. The summed E-state index contributed by atoms with van der Waals surface area (Å²) in [6, 6.07) is 5.62. The highest BCUT2D eigenvalue weighted by Gasteiger charge is 2.39. The van der Waals surface area contributed by atoms with Crippen molar-refractivity contribution < 1.29 is 17.9 Å². The monoisotopic (exact) mass is 392 g/mol. The number of morpholine rings is 1. The van der Waals surface area contributed by atoms with Crippen molar-refractivity contribution in [2.75, 3.05) is 26.3 Å². The van der Waals surface area contributed by atoms with Crippen molar-refractivity contribution >= 4 is 15.9 Å². The number of hydrogen-bond acceptors (Lipinski definition) is 4. The predicted molar refractivity (Wildman–Crippen MR) is 102 cm³/mol. The molecular weight excluding hydrogens is 364 g/mol. The van der Waals surface area contributed by atoms with Gasteiger partial charge in [-0.2, -0.15) is 4.31 Å². The van der Waals surface area contributed by atoms with Gasteiger partial charge in [0, 0.05) is 30.7 Å². The maximum absolute atomic E-state index is 13.4. The summed E-state index contributed by atoms with van der Waals surface area (Å²) in [4.78, 5) is 15.7. The fourth-order valence-electron chi connectivity index (χ4n) is 4.23. The lowest BCUT2D eigenvalue weighted by molar-refractivity contribution is 0.0663. The Bertz CT molecular complexity index is 807. The van der Waals surface area contributed by atoms with Crippen molar-refractivity contribution in [3.63, 3.8) is 0 Å². The smallest absolute Gasteiger partial charge is 0.254 e. The highest BCUT2D eigenvalue weighted by Crippen LogP contribution is 2.36. The molecule has 0 spiro atoms. The molecule has 0 aromatic heterocycles. The van der Waals surface area contributed by atoms with Crippen molar-refractivity contribution in [2.24, 2.45) is 0 Å². The van der Waals surface area contributed by atoms with Crippen LogP contribution in [0.15, 0.2) is 23.1 Å². The zero-order valence-corrected chi connectivity index (χ0v) is 16.7. The van der Waals surface area contributed by atoms with Gasteiger partial charge in [0.05, 0.1) is 18.1 Å². The van der Waals surface area contributed by atoms with E-state index in [1.54, 1.807) is 18.2 Å². The molecule has 3 fully saturated rings. The van der Waals surface area contributed by atoms with Gasteiger partial charge in [-0.25, -0.2) is 8.42 Å². The molecule has 2 aliphatic carbocycles. The van der Waals surface area contributed by atoms with Gasteiger partial charge in [-0.05, 0) is 50.3 Å². The number of carbonyl (C=O) groups excluding carboxylic acids is 1. The Morgan fingerprint density at radius 2 is 1.70 bits per heavy atom. The van der Waals surface area contributed by atoms with Gasteiger partial charge in [0.1, 0.15) is 0 Å². The Morgan fingerprint density at radius 1 is 1.07 bits per heavy atom. The molecule has 2 saturated carbocycles. The number of benzene rings is 1. The molecule has 0 radical (unpaired) electrons. The first kappa shape index (κ1) is 18.9. The second-order valence-electron chi connectivity index (χ2n) is 7.88. The predicted octanol–water partition coefficient (Wildman–Crippen LogP) is 2.56. The van der Waals surface area contributed by atoms with Gasteiger partial charge >= 0.3 is 0 Å². The minimum Gasteiger partial charge on any atom is -0.379 e. The fraction of sp³-hybridized carbons (Fsp3) is 0.650. The fourth-order valence-corrected chi connectivity index (χ4v) is 5.67. The zero-order chi connectivity index (χ0) is 19.0. The van der Waals surface area contributed by atoms with Crippen molar-refractivity contribution in [2.45, 2.75) is 62.4 Å². The zero-order valence-electron chi connectivity index (χ0n) is 15.9. The lowest BCUT2D eigenvalue weighted by Gasteiger charge is -2.30. The second-order valence-corrected chi connectivity index (χ2v) is 9.81. The number of nitrogens with zero attached hydrogens (tertiary/aromatic N) is 2. The lowest BCUT2D eigenvalue weighted by Crippen LogP contribution is -2.42. The SMILES string of the molecule is Cc1ccc(S(=O)(=O)N2CCOCC2)cc1C(=O)N(C1CCCC1)C1CC1. The molecule has 6 nitrogen and oxygen atoms in total.